The molecule has 0 amide bonds. The van der Waals surface area contributed by atoms with Gasteiger partial charge in [-0.05, 0) is 24.3 Å². The van der Waals surface area contributed by atoms with Crippen molar-refractivity contribution in [2.45, 2.75) is 0 Å². The van der Waals surface area contributed by atoms with E-state index in [9.17, 15) is 22.0 Å². The van der Waals surface area contributed by atoms with Crippen LogP contribution in [0.2, 0.25) is 0 Å². The molecule has 0 bridgehead atoms. The maximum atomic E-state index is 13.3. The molecule has 0 unspecified atom stereocenters. The van der Waals surface area contributed by atoms with Gasteiger partial charge in [-0.2, -0.15) is 0 Å². The minimum atomic E-state index is -1.66. The lowest BCUT2D eigenvalue weighted by Crippen LogP contribution is -1.99. The minimum absolute atomic E-state index is 0.114. The van der Waals surface area contributed by atoms with Crippen LogP contribution < -0.4 is 5.32 Å². The second kappa shape index (κ2) is 4.64. The first-order chi connectivity index (χ1) is 8.47. The summed E-state index contributed by atoms with van der Waals surface area (Å²) in [6.45, 7) is 0. The SMILES string of the molecule is Fc1cc(F)cc(Nc2ccc(F)c(F)c2F)c1. The molecule has 0 aliphatic rings. The molecule has 0 aromatic heterocycles. The number of rotatable bonds is 2. The molecule has 0 aliphatic heterocycles. The molecule has 0 atom stereocenters. The first-order valence-electron chi connectivity index (χ1n) is 4.84. The Kier molecular flexibility index (Phi) is 3.18. The summed E-state index contributed by atoms with van der Waals surface area (Å²) in [6, 6.07) is 4.05. The standard InChI is InChI=1S/C12H6F5N/c13-6-3-7(14)5-8(4-6)18-10-2-1-9(15)11(16)12(10)17/h1-5,18H. The molecule has 18 heavy (non-hydrogen) atoms. The third kappa shape index (κ3) is 2.42. The van der Waals surface area contributed by atoms with E-state index < -0.39 is 34.8 Å². The van der Waals surface area contributed by atoms with Crippen LogP contribution in [0.3, 0.4) is 0 Å². The van der Waals surface area contributed by atoms with Crippen LogP contribution >= 0.6 is 0 Å². The van der Waals surface area contributed by atoms with Gasteiger partial charge in [0.1, 0.15) is 11.6 Å². The van der Waals surface area contributed by atoms with Crippen LogP contribution in [-0.4, -0.2) is 0 Å². The predicted molar refractivity (Wildman–Crippen MR) is 56.0 cm³/mol. The van der Waals surface area contributed by atoms with Crippen LogP contribution in [0.25, 0.3) is 0 Å². The summed E-state index contributed by atoms with van der Waals surface area (Å²) >= 11 is 0. The van der Waals surface area contributed by atoms with E-state index in [1.807, 2.05) is 0 Å². The minimum Gasteiger partial charge on any atom is -0.353 e. The first-order valence-corrected chi connectivity index (χ1v) is 4.84. The summed E-state index contributed by atoms with van der Waals surface area (Å²) < 4.78 is 64.6. The lowest BCUT2D eigenvalue weighted by Gasteiger charge is -2.08. The smallest absolute Gasteiger partial charge is 0.196 e. The number of hydrogen-bond acceptors (Lipinski definition) is 1. The Morgan fingerprint density at radius 2 is 1.33 bits per heavy atom. The van der Waals surface area contributed by atoms with E-state index in [-0.39, 0.29) is 5.69 Å². The van der Waals surface area contributed by atoms with Crippen LogP contribution in [0.5, 0.6) is 0 Å². The molecule has 0 heterocycles. The Bertz CT molecular complexity index is 577. The zero-order valence-corrected chi connectivity index (χ0v) is 8.78. The van der Waals surface area contributed by atoms with Gasteiger partial charge in [-0.25, -0.2) is 22.0 Å². The number of halogens is 5. The summed E-state index contributed by atoms with van der Waals surface area (Å²) in [5.74, 6) is -6.21. The average Bonchev–Trinajstić information content (AvgIpc) is 2.29. The highest BCUT2D eigenvalue weighted by Crippen LogP contribution is 2.24. The van der Waals surface area contributed by atoms with E-state index in [0.29, 0.717) is 12.1 Å². The highest BCUT2D eigenvalue weighted by Gasteiger charge is 2.13. The van der Waals surface area contributed by atoms with Crippen molar-refractivity contribution in [3.8, 4) is 0 Å². The molecule has 0 fully saturated rings. The lowest BCUT2D eigenvalue weighted by atomic mass is 10.2. The molecule has 2 aromatic rings. The van der Waals surface area contributed by atoms with Crippen LogP contribution in [-0.2, 0) is 0 Å². The monoisotopic (exact) mass is 259 g/mol. The number of benzene rings is 2. The molecule has 0 saturated heterocycles. The number of anilines is 2. The van der Waals surface area contributed by atoms with E-state index >= 15 is 0 Å². The number of nitrogens with one attached hydrogen (secondary N) is 1. The van der Waals surface area contributed by atoms with Crippen LogP contribution in [0.1, 0.15) is 0 Å². The molecule has 0 aliphatic carbocycles. The zero-order chi connectivity index (χ0) is 13.3. The van der Waals surface area contributed by atoms with Crippen molar-refractivity contribution in [3.05, 3.63) is 59.4 Å². The third-order valence-corrected chi connectivity index (χ3v) is 2.18. The molecule has 1 nitrogen and oxygen atoms in total. The zero-order valence-electron chi connectivity index (χ0n) is 8.78. The van der Waals surface area contributed by atoms with Gasteiger partial charge in [0.25, 0.3) is 0 Å². The Morgan fingerprint density at radius 1 is 0.722 bits per heavy atom. The lowest BCUT2D eigenvalue weighted by molar-refractivity contribution is 0.449. The summed E-state index contributed by atoms with van der Waals surface area (Å²) in [7, 11) is 0. The molecule has 2 aromatic carbocycles. The molecule has 0 radical (unpaired) electrons. The second-order valence-electron chi connectivity index (χ2n) is 3.51. The topological polar surface area (TPSA) is 12.0 Å². The average molecular weight is 259 g/mol. The van der Waals surface area contributed by atoms with Crippen LogP contribution in [0.15, 0.2) is 30.3 Å². The Morgan fingerprint density at radius 3 is 1.94 bits per heavy atom. The van der Waals surface area contributed by atoms with Crippen molar-refractivity contribution < 1.29 is 22.0 Å². The van der Waals surface area contributed by atoms with Gasteiger partial charge >= 0.3 is 0 Å². The van der Waals surface area contributed by atoms with Crippen molar-refractivity contribution in [2.75, 3.05) is 5.32 Å². The fraction of sp³-hybridized carbons (Fsp3) is 0. The fourth-order valence-electron chi connectivity index (χ4n) is 1.40. The van der Waals surface area contributed by atoms with Gasteiger partial charge in [0.05, 0.1) is 5.69 Å². The second-order valence-corrected chi connectivity index (χ2v) is 3.51. The summed E-state index contributed by atoms with van der Waals surface area (Å²) in [4.78, 5) is 0. The highest BCUT2D eigenvalue weighted by molar-refractivity contribution is 5.60. The van der Waals surface area contributed by atoms with Crippen molar-refractivity contribution in [1.82, 2.24) is 0 Å². The van der Waals surface area contributed by atoms with Crippen molar-refractivity contribution in [2.24, 2.45) is 0 Å². The summed E-state index contributed by atoms with van der Waals surface area (Å²) in [5, 5.41) is 2.26. The highest BCUT2D eigenvalue weighted by atomic mass is 19.2. The van der Waals surface area contributed by atoms with E-state index in [2.05, 4.69) is 5.32 Å². The Labute approximate surface area is 98.9 Å². The molecular formula is C12H6F5N. The van der Waals surface area contributed by atoms with Gasteiger partial charge in [-0.1, -0.05) is 0 Å². The van der Waals surface area contributed by atoms with E-state index in [1.54, 1.807) is 0 Å². The van der Waals surface area contributed by atoms with Gasteiger partial charge in [-0.15, -0.1) is 0 Å². The molecule has 0 spiro atoms. The molecule has 2 rings (SSSR count). The molecule has 0 saturated carbocycles. The van der Waals surface area contributed by atoms with Crippen LogP contribution in [0.4, 0.5) is 33.3 Å². The molecule has 1 N–H and O–H groups in total. The number of hydrogen-bond donors (Lipinski definition) is 1. The maximum absolute atomic E-state index is 13.3. The summed E-state index contributed by atoms with van der Waals surface area (Å²) in [6.07, 6.45) is 0. The van der Waals surface area contributed by atoms with E-state index in [1.165, 1.54) is 0 Å². The van der Waals surface area contributed by atoms with E-state index in [0.717, 1.165) is 18.2 Å². The Hall–Kier alpha value is -2.11. The fourth-order valence-corrected chi connectivity index (χ4v) is 1.40. The summed E-state index contributed by atoms with van der Waals surface area (Å²) in [5.41, 5.74) is -0.531. The molecule has 6 heteroatoms. The van der Waals surface area contributed by atoms with Crippen molar-refractivity contribution in [1.29, 1.82) is 0 Å². The first kappa shape index (κ1) is 12.3. The van der Waals surface area contributed by atoms with Gasteiger partial charge in [0.15, 0.2) is 17.5 Å². The van der Waals surface area contributed by atoms with Crippen LogP contribution in [0, 0.1) is 29.1 Å². The van der Waals surface area contributed by atoms with Crippen molar-refractivity contribution >= 4 is 11.4 Å². The van der Waals surface area contributed by atoms with Crippen molar-refractivity contribution in [3.63, 3.8) is 0 Å². The molecular weight excluding hydrogens is 253 g/mol. The molecule has 94 valence electrons. The Balaban J connectivity index is 2.37. The third-order valence-electron chi connectivity index (χ3n) is 2.18. The quantitative estimate of drug-likeness (QED) is 0.631. The maximum Gasteiger partial charge on any atom is 0.196 e. The van der Waals surface area contributed by atoms with Gasteiger partial charge in [0.2, 0.25) is 0 Å². The van der Waals surface area contributed by atoms with Gasteiger partial charge in [-0.3, -0.25) is 0 Å². The van der Waals surface area contributed by atoms with E-state index in [4.69, 9.17) is 0 Å². The normalized spacial score (nSPS) is 10.5. The largest absolute Gasteiger partial charge is 0.353 e. The van der Waals surface area contributed by atoms with Gasteiger partial charge < -0.3 is 5.32 Å². The van der Waals surface area contributed by atoms with Gasteiger partial charge in [0, 0.05) is 11.8 Å². The predicted octanol–water partition coefficient (Wildman–Crippen LogP) is 4.13.